The first-order valence-corrected chi connectivity index (χ1v) is 8.07. The van der Waals surface area contributed by atoms with Gasteiger partial charge in [0.2, 0.25) is 0 Å². The number of thioether (sulfide) groups is 1. The molecule has 0 bridgehead atoms. The Hall–Kier alpha value is -2.73. The van der Waals surface area contributed by atoms with Gasteiger partial charge in [0.1, 0.15) is 11.5 Å². The fourth-order valence-electron chi connectivity index (χ4n) is 2.14. The van der Waals surface area contributed by atoms with Crippen molar-refractivity contribution in [1.82, 2.24) is 5.32 Å². The van der Waals surface area contributed by atoms with Crippen LogP contribution in [0.5, 0.6) is 11.5 Å². The minimum absolute atomic E-state index is 0.157. The Bertz CT molecular complexity index is 813. The van der Waals surface area contributed by atoms with Gasteiger partial charge >= 0.3 is 0 Å². The van der Waals surface area contributed by atoms with Crippen molar-refractivity contribution in [2.45, 2.75) is 0 Å². The molecule has 0 unspecified atom stereocenters. The number of carbonyl (C=O) groups is 1. The van der Waals surface area contributed by atoms with Gasteiger partial charge in [0.15, 0.2) is 5.17 Å². The maximum Gasteiger partial charge on any atom is 0.264 e. The number of hydrogen-bond acceptors (Lipinski definition) is 5. The minimum Gasteiger partial charge on any atom is -0.497 e. The molecule has 2 aromatic rings. The fraction of sp³-hybridized carbons (Fsp3) is 0.111. The van der Waals surface area contributed by atoms with E-state index in [9.17, 15) is 4.79 Å². The highest BCUT2D eigenvalue weighted by atomic mass is 32.2. The first kappa shape index (κ1) is 16.1. The number of nitrogens with zero attached hydrogens (tertiary/aromatic N) is 1. The van der Waals surface area contributed by atoms with E-state index < -0.39 is 0 Å². The number of benzene rings is 2. The van der Waals surface area contributed by atoms with Crippen LogP contribution < -0.4 is 14.8 Å². The monoisotopic (exact) mass is 340 g/mol. The first-order valence-electron chi connectivity index (χ1n) is 7.25. The van der Waals surface area contributed by atoms with Gasteiger partial charge in [0.05, 0.1) is 24.8 Å². The number of rotatable bonds is 4. The highest BCUT2D eigenvalue weighted by molar-refractivity contribution is 8.18. The van der Waals surface area contributed by atoms with Crippen LogP contribution in [-0.2, 0) is 4.79 Å². The molecule has 122 valence electrons. The normalized spacial score (nSPS) is 17.2. The van der Waals surface area contributed by atoms with Gasteiger partial charge in [-0.2, -0.15) is 0 Å². The van der Waals surface area contributed by atoms with Gasteiger partial charge in [-0.1, -0.05) is 12.1 Å². The summed E-state index contributed by atoms with van der Waals surface area (Å²) in [4.78, 5) is 17.1. The van der Waals surface area contributed by atoms with E-state index in [0.717, 1.165) is 22.7 Å². The predicted octanol–water partition coefficient (Wildman–Crippen LogP) is 3.60. The molecule has 1 saturated heterocycles. The number of amides is 1. The largest absolute Gasteiger partial charge is 0.497 e. The standard InChI is InChI=1S/C18H16N2O3S/c1-22-14-8-6-13(7-9-14)19-18-20-17(21)16(24-18)11-12-4-3-5-15(10-12)23-2/h3-11H,1-2H3,(H,19,20,21)/b16-11-. The Morgan fingerprint density at radius 3 is 2.50 bits per heavy atom. The lowest BCUT2D eigenvalue weighted by atomic mass is 10.2. The van der Waals surface area contributed by atoms with E-state index in [1.165, 1.54) is 11.8 Å². The van der Waals surface area contributed by atoms with Gasteiger partial charge in [0.25, 0.3) is 5.91 Å². The second-order valence-electron chi connectivity index (χ2n) is 4.96. The molecule has 1 N–H and O–H groups in total. The number of hydrogen-bond donors (Lipinski definition) is 1. The van der Waals surface area contributed by atoms with Crippen LogP contribution in [-0.4, -0.2) is 25.3 Å². The Morgan fingerprint density at radius 1 is 1.04 bits per heavy atom. The van der Waals surface area contributed by atoms with Gasteiger partial charge in [-0.3, -0.25) is 4.79 Å². The van der Waals surface area contributed by atoms with Crippen LogP contribution >= 0.6 is 11.8 Å². The third kappa shape index (κ3) is 3.78. The maximum atomic E-state index is 12.1. The van der Waals surface area contributed by atoms with Crippen molar-refractivity contribution in [3.05, 3.63) is 59.0 Å². The molecule has 1 aliphatic rings. The maximum absolute atomic E-state index is 12.1. The van der Waals surface area contributed by atoms with Crippen molar-refractivity contribution in [3.63, 3.8) is 0 Å². The van der Waals surface area contributed by atoms with E-state index in [0.29, 0.717) is 10.1 Å². The summed E-state index contributed by atoms with van der Waals surface area (Å²) in [5, 5.41) is 3.33. The SMILES string of the molecule is COc1ccc(N=C2NC(=O)/C(=C/c3cccc(OC)c3)S2)cc1. The van der Waals surface area contributed by atoms with Crippen LogP contribution in [0.3, 0.4) is 0 Å². The van der Waals surface area contributed by atoms with Crippen LogP contribution in [0.25, 0.3) is 6.08 Å². The van der Waals surface area contributed by atoms with E-state index in [4.69, 9.17) is 9.47 Å². The molecule has 2 aromatic carbocycles. The van der Waals surface area contributed by atoms with Crippen molar-refractivity contribution in [1.29, 1.82) is 0 Å². The molecule has 6 heteroatoms. The summed E-state index contributed by atoms with van der Waals surface area (Å²) < 4.78 is 10.3. The minimum atomic E-state index is -0.157. The zero-order valence-electron chi connectivity index (χ0n) is 13.3. The van der Waals surface area contributed by atoms with Crippen LogP contribution in [0.1, 0.15) is 5.56 Å². The van der Waals surface area contributed by atoms with Gasteiger partial charge < -0.3 is 14.8 Å². The summed E-state index contributed by atoms with van der Waals surface area (Å²) >= 11 is 1.31. The summed E-state index contributed by atoms with van der Waals surface area (Å²) in [6.07, 6.45) is 1.82. The molecule has 5 nitrogen and oxygen atoms in total. The molecular formula is C18H16N2O3S. The average Bonchev–Trinajstić information content (AvgIpc) is 2.95. The third-order valence-corrected chi connectivity index (χ3v) is 4.26. The lowest BCUT2D eigenvalue weighted by Crippen LogP contribution is -2.19. The highest BCUT2D eigenvalue weighted by Crippen LogP contribution is 2.29. The summed E-state index contributed by atoms with van der Waals surface area (Å²) in [6.45, 7) is 0. The van der Waals surface area contributed by atoms with Gasteiger partial charge in [-0.15, -0.1) is 0 Å². The zero-order valence-corrected chi connectivity index (χ0v) is 14.1. The summed E-state index contributed by atoms with van der Waals surface area (Å²) in [6, 6.07) is 14.9. The molecule has 0 aliphatic carbocycles. The average molecular weight is 340 g/mol. The smallest absolute Gasteiger partial charge is 0.264 e. The zero-order chi connectivity index (χ0) is 16.9. The lowest BCUT2D eigenvalue weighted by Gasteiger charge is -2.00. The van der Waals surface area contributed by atoms with E-state index in [1.54, 1.807) is 14.2 Å². The Balaban J connectivity index is 1.79. The van der Waals surface area contributed by atoms with Gasteiger partial charge in [0, 0.05) is 0 Å². The molecule has 1 amide bonds. The Morgan fingerprint density at radius 2 is 1.79 bits per heavy atom. The van der Waals surface area contributed by atoms with E-state index in [2.05, 4.69) is 10.3 Å². The molecule has 3 rings (SSSR count). The highest BCUT2D eigenvalue weighted by Gasteiger charge is 2.23. The summed E-state index contributed by atoms with van der Waals surface area (Å²) in [5.74, 6) is 1.36. The molecule has 1 heterocycles. The number of amidine groups is 1. The number of nitrogens with one attached hydrogen (secondary N) is 1. The lowest BCUT2D eigenvalue weighted by molar-refractivity contribution is -0.115. The van der Waals surface area contributed by atoms with Crippen LogP contribution in [0, 0.1) is 0 Å². The summed E-state index contributed by atoms with van der Waals surface area (Å²) in [7, 11) is 3.23. The fourth-order valence-corrected chi connectivity index (χ4v) is 2.98. The second kappa shape index (κ2) is 7.23. The number of aliphatic imine (C=N–C) groups is 1. The van der Waals surface area contributed by atoms with E-state index in [-0.39, 0.29) is 5.91 Å². The Kier molecular flexibility index (Phi) is 4.86. The molecule has 1 fully saturated rings. The van der Waals surface area contributed by atoms with Crippen molar-refractivity contribution in [2.75, 3.05) is 14.2 Å². The van der Waals surface area contributed by atoms with Gasteiger partial charge in [-0.05, 0) is 59.8 Å². The molecule has 0 radical (unpaired) electrons. The number of carbonyl (C=O) groups excluding carboxylic acids is 1. The molecular weight excluding hydrogens is 324 g/mol. The first-order chi connectivity index (χ1) is 11.7. The number of methoxy groups -OCH3 is 2. The van der Waals surface area contributed by atoms with E-state index in [1.807, 2.05) is 54.6 Å². The van der Waals surface area contributed by atoms with Gasteiger partial charge in [-0.25, -0.2) is 4.99 Å². The Labute approximate surface area is 144 Å². The van der Waals surface area contributed by atoms with Crippen molar-refractivity contribution >= 4 is 34.6 Å². The topological polar surface area (TPSA) is 59.9 Å². The molecule has 24 heavy (non-hydrogen) atoms. The van der Waals surface area contributed by atoms with Crippen LogP contribution in [0.4, 0.5) is 5.69 Å². The van der Waals surface area contributed by atoms with Crippen molar-refractivity contribution < 1.29 is 14.3 Å². The van der Waals surface area contributed by atoms with Crippen LogP contribution in [0.2, 0.25) is 0 Å². The second-order valence-corrected chi connectivity index (χ2v) is 5.99. The predicted molar refractivity (Wildman–Crippen MR) is 96.8 cm³/mol. The molecule has 0 spiro atoms. The third-order valence-electron chi connectivity index (χ3n) is 3.35. The summed E-state index contributed by atoms with van der Waals surface area (Å²) in [5.41, 5.74) is 1.65. The quantitative estimate of drug-likeness (QED) is 0.864. The molecule has 1 aliphatic heterocycles. The van der Waals surface area contributed by atoms with E-state index >= 15 is 0 Å². The molecule has 0 aromatic heterocycles. The van der Waals surface area contributed by atoms with Crippen LogP contribution in [0.15, 0.2) is 58.4 Å². The molecule has 0 saturated carbocycles. The number of ether oxygens (including phenoxy) is 2. The molecule has 0 atom stereocenters. The van der Waals surface area contributed by atoms with Crippen molar-refractivity contribution in [2.24, 2.45) is 4.99 Å². The van der Waals surface area contributed by atoms with Crippen molar-refractivity contribution in [3.8, 4) is 11.5 Å².